The molecule has 0 radical (unpaired) electrons. The second kappa shape index (κ2) is 5.98. The van der Waals surface area contributed by atoms with Gasteiger partial charge in [0.2, 0.25) is 0 Å². The Hall–Kier alpha value is -1.13. The Bertz CT molecular complexity index is 477. The second-order valence-electron chi connectivity index (χ2n) is 3.78. The van der Waals surface area contributed by atoms with Gasteiger partial charge in [-0.3, -0.25) is 9.78 Å². The van der Waals surface area contributed by atoms with Crippen molar-refractivity contribution in [2.24, 2.45) is 0 Å². The fourth-order valence-corrected chi connectivity index (χ4v) is 2.75. The zero-order valence-electron chi connectivity index (χ0n) is 9.55. The van der Waals surface area contributed by atoms with Gasteiger partial charge in [-0.05, 0) is 19.1 Å². The molecular weight excluding hydrogens is 250 g/mol. The van der Waals surface area contributed by atoms with E-state index in [0.717, 1.165) is 9.77 Å². The first-order valence-electron chi connectivity index (χ1n) is 5.32. The summed E-state index contributed by atoms with van der Waals surface area (Å²) in [4.78, 5) is 17.9. The van der Waals surface area contributed by atoms with Gasteiger partial charge in [0.05, 0.1) is 11.3 Å². The van der Waals surface area contributed by atoms with Crippen LogP contribution in [0.5, 0.6) is 0 Å². The molecule has 0 aliphatic carbocycles. The molecule has 2 nitrogen and oxygen atoms in total. The van der Waals surface area contributed by atoms with E-state index in [9.17, 15) is 4.79 Å². The lowest BCUT2D eigenvalue weighted by atomic mass is 10.2. The van der Waals surface area contributed by atoms with Gasteiger partial charge in [-0.2, -0.15) is 0 Å². The number of rotatable bonds is 5. The molecular formula is C13H13NOS2. The van der Waals surface area contributed by atoms with Crippen LogP contribution < -0.4 is 0 Å². The molecule has 1 aromatic carbocycles. The number of carbonyl (C=O) groups is 1. The maximum atomic E-state index is 11.7. The molecule has 0 N–H and O–H groups in total. The third-order valence-corrected chi connectivity index (χ3v) is 4.13. The molecule has 0 saturated heterocycles. The Morgan fingerprint density at radius 1 is 1.35 bits per heavy atom. The lowest BCUT2D eigenvalue weighted by molar-refractivity contribution is -0.115. The van der Waals surface area contributed by atoms with E-state index in [0.29, 0.717) is 12.2 Å². The number of aryl methyl sites for hydroxylation is 1. The predicted molar refractivity (Wildman–Crippen MR) is 72.7 cm³/mol. The number of Topliss-reactive ketones (excluding diaryl/α,β-unsaturated/α-hetero) is 1. The van der Waals surface area contributed by atoms with Crippen LogP contribution in [0.25, 0.3) is 0 Å². The van der Waals surface area contributed by atoms with Gasteiger partial charge in [-0.15, -0.1) is 23.1 Å². The Morgan fingerprint density at radius 2 is 2.12 bits per heavy atom. The summed E-state index contributed by atoms with van der Waals surface area (Å²) >= 11 is 3.13. The van der Waals surface area contributed by atoms with Gasteiger partial charge < -0.3 is 0 Å². The van der Waals surface area contributed by atoms with Crippen LogP contribution in [0.15, 0.2) is 40.9 Å². The molecule has 1 aromatic heterocycles. The number of hydrogen-bond acceptors (Lipinski definition) is 4. The first kappa shape index (κ1) is 12.3. The van der Waals surface area contributed by atoms with E-state index in [1.165, 1.54) is 16.9 Å². The zero-order valence-corrected chi connectivity index (χ0v) is 11.2. The molecule has 0 aliphatic heterocycles. The summed E-state index contributed by atoms with van der Waals surface area (Å²) < 4.78 is 0. The van der Waals surface area contributed by atoms with Crippen LogP contribution in [0.3, 0.4) is 0 Å². The lowest BCUT2D eigenvalue weighted by Crippen LogP contribution is -2.04. The summed E-state index contributed by atoms with van der Waals surface area (Å²) in [6.07, 6.45) is 2.27. The number of aromatic nitrogens is 1. The molecule has 0 spiro atoms. The molecule has 0 saturated carbocycles. The SMILES string of the molecule is Cc1ccc(SCC(=O)Cc2cncs2)cc1. The summed E-state index contributed by atoms with van der Waals surface area (Å²) in [7, 11) is 0. The Kier molecular flexibility index (Phi) is 4.34. The monoisotopic (exact) mass is 263 g/mol. The summed E-state index contributed by atoms with van der Waals surface area (Å²) in [5, 5.41) is 0. The first-order chi connectivity index (χ1) is 8.24. The second-order valence-corrected chi connectivity index (χ2v) is 5.80. The van der Waals surface area contributed by atoms with E-state index >= 15 is 0 Å². The van der Waals surface area contributed by atoms with Gasteiger partial charge in [-0.25, -0.2) is 0 Å². The number of nitrogens with zero attached hydrogens (tertiary/aromatic N) is 1. The van der Waals surface area contributed by atoms with Crippen molar-refractivity contribution in [1.82, 2.24) is 4.98 Å². The topological polar surface area (TPSA) is 30.0 Å². The summed E-state index contributed by atoms with van der Waals surface area (Å²) in [5.41, 5.74) is 3.00. The fraction of sp³-hybridized carbons (Fsp3) is 0.231. The van der Waals surface area contributed by atoms with Gasteiger partial charge >= 0.3 is 0 Å². The molecule has 0 bridgehead atoms. The van der Waals surface area contributed by atoms with Crippen LogP contribution in [0, 0.1) is 6.92 Å². The third-order valence-electron chi connectivity index (χ3n) is 2.28. The number of hydrogen-bond donors (Lipinski definition) is 0. The van der Waals surface area contributed by atoms with Crippen molar-refractivity contribution in [3.63, 3.8) is 0 Å². The van der Waals surface area contributed by atoms with E-state index in [4.69, 9.17) is 0 Å². The summed E-state index contributed by atoms with van der Waals surface area (Å²) in [6.45, 7) is 2.06. The average molecular weight is 263 g/mol. The minimum Gasteiger partial charge on any atom is -0.298 e. The third kappa shape index (κ3) is 3.98. The van der Waals surface area contributed by atoms with E-state index in [1.54, 1.807) is 23.5 Å². The quantitative estimate of drug-likeness (QED) is 0.775. The minimum absolute atomic E-state index is 0.250. The van der Waals surface area contributed by atoms with Gasteiger partial charge in [0, 0.05) is 22.4 Å². The maximum absolute atomic E-state index is 11.7. The van der Waals surface area contributed by atoms with Crippen LogP contribution in [-0.4, -0.2) is 16.5 Å². The highest BCUT2D eigenvalue weighted by molar-refractivity contribution is 8.00. The Labute approximate surface area is 109 Å². The molecule has 4 heteroatoms. The predicted octanol–water partition coefficient (Wildman–Crippen LogP) is 3.36. The maximum Gasteiger partial charge on any atom is 0.148 e. The van der Waals surface area contributed by atoms with Crippen molar-refractivity contribution >= 4 is 28.9 Å². The van der Waals surface area contributed by atoms with Crippen molar-refractivity contribution < 1.29 is 4.79 Å². The van der Waals surface area contributed by atoms with E-state index in [2.05, 4.69) is 36.2 Å². The standard InChI is InChI=1S/C13H13NOS2/c1-10-2-4-12(5-3-10)16-8-11(15)6-13-7-14-9-17-13/h2-5,7,9H,6,8H2,1H3. The summed E-state index contributed by atoms with van der Waals surface area (Å²) in [6, 6.07) is 8.24. The molecule has 0 unspecified atom stereocenters. The van der Waals surface area contributed by atoms with Gasteiger partial charge in [0.1, 0.15) is 5.78 Å². The molecule has 0 aliphatic rings. The van der Waals surface area contributed by atoms with Gasteiger partial charge in [0.15, 0.2) is 0 Å². The van der Waals surface area contributed by atoms with Crippen LogP contribution in [0.1, 0.15) is 10.4 Å². The van der Waals surface area contributed by atoms with Crippen molar-refractivity contribution in [3.05, 3.63) is 46.4 Å². The van der Waals surface area contributed by atoms with E-state index in [1.807, 2.05) is 0 Å². The number of benzene rings is 1. The van der Waals surface area contributed by atoms with Crippen LogP contribution in [0.4, 0.5) is 0 Å². The largest absolute Gasteiger partial charge is 0.298 e. The number of ketones is 1. The van der Waals surface area contributed by atoms with Gasteiger partial charge in [0.25, 0.3) is 0 Å². The summed E-state index contributed by atoms with van der Waals surface area (Å²) in [5.74, 6) is 0.779. The van der Waals surface area contributed by atoms with Crippen LogP contribution in [-0.2, 0) is 11.2 Å². The van der Waals surface area contributed by atoms with E-state index < -0.39 is 0 Å². The molecule has 0 atom stereocenters. The highest BCUT2D eigenvalue weighted by Gasteiger charge is 2.05. The van der Waals surface area contributed by atoms with Crippen molar-refractivity contribution in [2.75, 3.05) is 5.75 Å². The van der Waals surface area contributed by atoms with Crippen molar-refractivity contribution in [3.8, 4) is 0 Å². The molecule has 0 amide bonds. The Morgan fingerprint density at radius 3 is 2.76 bits per heavy atom. The first-order valence-corrected chi connectivity index (χ1v) is 7.19. The molecule has 1 heterocycles. The highest BCUT2D eigenvalue weighted by Crippen LogP contribution is 2.19. The van der Waals surface area contributed by atoms with Crippen LogP contribution >= 0.6 is 23.1 Å². The molecule has 2 rings (SSSR count). The number of thioether (sulfide) groups is 1. The van der Waals surface area contributed by atoms with Gasteiger partial charge in [-0.1, -0.05) is 17.7 Å². The van der Waals surface area contributed by atoms with Crippen molar-refractivity contribution in [2.45, 2.75) is 18.2 Å². The molecule has 0 fully saturated rings. The zero-order chi connectivity index (χ0) is 12.1. The Balaban J connectivity index is 1.82. The molecule has 17 heavy (non-hydrogen) atoms. The lowest BCUT2D eigenvalue weighted by Gasteiger charge is -2.01. The average Bonchev–Trinajstić information content (AvgIpc) is 2.81. The number of carbonyl (C=O) groups excluding carboxylic acids is 1. The number of thiazole rings is 1. The highest BCUT2D eigenvalue weighted by atomic mass is 32.2. The fourth-order valence-electron chi connectivity index (χ4n) is 1.37. The molecule has 2 aromatic rings. The smallest absolute Gasteiger partial charge is 0.148 e. The van der Waals surface area contributed by atoms with Crippen LogP contribution in [0.2, 0.25) is 0 Å². The van der Waals surface area contributed by atoms with Crippen molar-refractivity contribution in [1.29, 1.82) is 0 Å². The minimum atomic E-state index is 0.250. The molecule has 88 valence electrons. The van der Waals surface area contributed by atoms with E-state index in [-0.39, 0.29) is 5.78 Å². The normalized spacial score (nSPS) is 10.4.